The molecule has 0 aliphatic carbocycles. The Kier molecular flexibility index (Phi) is 3.46. The topological polar surface area (TPSA) is 68.6 Å². The van der Waals surface area contributed by atoms with Crippen molar-refractivity contribution in [3.05, 3.63) is 47.6 Å². The minimum atomic E-state index is 0.620. The number of pyridine rings is 1. The summed E-state index contributed by atoms with van der Waals surface area (Å²) in [5, 5.41) is 5.14. The van der Waals surface area contributed by atoms with Gasteiger partial charge in [0.25, 0.3) is 0 Å². The van der Waals surface area contributed by atoms with Gasteiger partial charge in [-0.2, -0.15) is 5.10 Å². The van der Waals surface area contributed by atoms with E-state index in [4.69, 9.17) is 16.3 Å². The maximum atomic E-state index is 6.13. The van der Waals surface area contributed by atoms with E-state index >= 15 is 0 Å². The number of fused-ring (bicyclic) bond motifs is 1. The lowest BCUT2D eigenvalue weighted by Crippen LogP contribution is -1.94. The largest absolute Gasteiger partial charge is 0.496 e. The Balaban J connectivity index is 1.93. The summed E-state index contributed by atoms with van der Waals surface area (Å²) in [6.07, 6.45) is 1.74. The molecule has 0 saturated heterocycles. The van der Waals surface area contributed by atoms with E-state index in [1.54, 1.807) is 24.1 Å². The Morgan fingerprint density at radius 3 is 2.83 bits per heavy atom. The SMILES string of the molecule is COc1ccc(Cl)cc1-c1nc2c([nH]1)c(-c1ccccn1)nn2C. The van der Waals surface area contributed by atoms with Gasteiger partial charge in [0, 0.05) is 18.3 Å². The van der Waals surface area contributed by atoms with Crippen molar-refractivity contribution >= 4 is 22.8 Å². The molecule has 3 aromatic heterocycles. The standard InChI is InChI=1S/C17H14ClN5O/c1-23-17-15(14(22-23)12-5-3-4-8-19-12)20-16(21-17)11-9-10(18)6-7-13(11)24-2/h3-9H,1-2H3,(H,20,21). The van der Waals surface area contributed by atoms with Gasteiger partial charge in [-0.3, -0.25) is 4.98 Å². The van der Waals surface area contributed by atoms with Gasteiger partial charge in [-0.25, -0.2) is 9.67 Å². The number of hydrogen-bond donors (Lipinski definition) is 1. The van der Waals surface area contributed by atoms with Gasteiger partial charge in [0.05, 0.1) is 18.4 Å². The van der Waals surface area contributed by atoms with Crippen molar-refractivity contribution in [3.63, 3.8) is 0 Å². The first kappa shape index (κ1) is 14.7. The molecule has 1 aromatic carbocycles. The fourth-order valence-electron chi connectivity index (χ4n) is 2.69. The number of nitrogens with zero attached hydrogens (tertiary/aromatic N) is 4. The minimum Gasteiger partial charge on any atom is -0.496 e. The monoisotopic (exact) mass is 339 g/mol. The van der Waals surface area contributed by atoms with Crippen molar-refractivity contribution in [3.8, 4) is 28.5 Å². The van der Waals surface area contributed by atoms with Gasteiger partial charge in [0.2, 0.25) is 0 Å². The number of halogens is 1. The Hall–Kier alpha value is -2.86. The number of benzene rings is 1. The summed E-state index contributed by atoms with van der Waals surface area (Å²) in [4.78, 5) is 12.4. The first-order chi connectivity index (χ1) is 11.7. The van der Waals surface area contributed by atoms with E-state index in [1.807, 2.05) is 37.4 Å². The van der Waals surface area contributed by atoms with Crippen molar-refractivity contribution in [2.24, 2.45) is 7.05 Å². The number of nitrogens with one attached hydrogen (secondary N) is 1. The number of aromatic amines is 1. The fraction of sp³-hybridized carbons (Fsp3) is 0.118. The number of rotatable bonds is 3. The third kappa shape index (κ3) is 2.32. The zero-order chi connectivity index (χ0) is 16.7. The molecule has 0 spiro atoms. The number of ether oxygens (including phenoxy) is 1. The summed E-state index contributed by atoms with van der Waals surface area (Å²) in [6.45, 7) is 0. The lowest BCUT2D eigenvalue weighted by atomic mass is 10.2. The van der Waals surface area contributed by atoms with Crippen LogP contribution in [0.2, 0.25) is 5.02 Å². The molecule has 0 aliphatic rings. The first-order valence-electron chi connectivity index (χ1n) is 7.35. The van der Waals surface area contributed by atoms with E-state index in [2.05, 4.69) is 20.1 Å². The normalized spacial score (nSPS) is 11.1. The molecule has 0 bridgehead atoms. The second-order valence-corrected chi connectivity index (χ2v) is 5.75. The van der Waals surface area contributed by atoms with E-state index in [0.717, 1.165) is 28.1 Å². The van der Waals surface area contributed by atoms with Crippen LogP contribution >= 0.6 is 11.6 Å². The number of aromatic nitrogens is 5. The van der Waals surface area contributed by atoms with Crippen molar-refractivity contribution in [1.82, 2.24) is 24.7 Å². The molecule has 4 rings (SSSR count). The second kappa shape index (κ2) is 5.65. The Morgan fingerprint density at radius 1 is 1.21 bits per heavy atom. The average molecular weight is 340 g/mol. The van der Waals surface area contributed by atoms with E-state index in [-0.39, 0.29) is 0 Å². The van der Waals surface area contributed by atoms with Crippen LogP contribution in [0.15, 0.2) is 42.6 Å². The third-order valence-electron chi connectivity index (χ3n) is 3.80. The molecule has 3 heterocycles. The van der Waals surface area contributed by atoms with Gasteiger partial charge >= 0.3 is 0 Å². The molecular formula is C17H14ClN5O. The van der Waals surface area contributed by atoms with Crippen LogP contribution in [-0.2, 0) is 7.05 Å². The van der Waals surface area contributed by atoms with E-state index in [9.17, 15) is 0 Å². The lowest BCUT2D eigenvalue weighted by molar-refractivity contribution is 0.416. The highest BCUT2D eigenvalue weighted by atomic mass is 35.5. The molecule has 6 nitrogen and oxygen atoms in total. The van der Waals surface area contributed by atoms with Crippen LogP contribution < -0.4 is 4.74 Å². The van der Waals surface area contributed by atoms with Crippen LogP contribution in [0.5, 0.6) is 5.75 Å². The van der Waals surface area contributed by atoms with Crippen molar-refractivity contribution in [2.45, 2.75) is 0 Å². The van der Waals surface area contributed by atoms with Gasteiger partial charge in [-0.15, -0.1) is 0 Å². The second-order valence-electron chi connectivity index (χ2n) is 5.32. The number of aryl methyl sites for hydroxylation is 1. The summed E-state index contributed by atoms with van der Waals surface area (Å²) < 4.78 is 7.15. The molecular weight excluding hydrogens is 326 g/mol. The molecule has 0 saturated carbocycles. The molecule has 0 radical (unpaired) electrons. The summed E-state index contributed by atoms with van der Waals surface area (Å²) in [5.74, 6) is 1.38. The van der Waals surface area contributed by atoms with Crippen LogP contribution in [0.25, 0.3) is 33.9 Å². The van der Waals surface area contributed by atoms with Crippen molar-refractivity contribution in [2.75, 3.05) is 7.11 Å². The Bertz CT molecular complexity index is 1020. The lowest BCUT2D eigenvalue weighted by Gasteiger charge is -2.06. The zero-order valence-electron chi connectivity index (χ0n) is 13.1. The number of H-pyrrole nitrogens is 1. The molecule has 4 aromatic rings. The summed E-state index contributed by atoms with van der Waals surface area (Å²) >= 11 is 6.13. The molecule has 24 heavy (non-hydrogen) atoms. The number of methoxy groups -OCH3 is 1. The van der Waals surface area contributed by atoms with Crippen LogP contribution in [0.3, 0.4) is 0 Å². The predicted molar refractivity (Wildman–Crippen MR) is 93.1 cm³/mol. The van der Waals surface area contributed by atoms with Crippen LogP contribution in [0, 0.1) is 0 Å². The summed E-state index contributed by atoms with van der Waals surface area (Å²) in [7, 11) is 3.48. The molecule has 0 fully saturated rings. The number of imidazole rings is 1. The van der Waals surface area contributed by atoms with E-state index < -0.39 is 0 Å². The maximum Gasteiger partial charge on any atom is 0.177 e. The number of hydrogen-bond acceptors (Lipinski definition) is 4. The third-order valence-corrected chi connectivity index (χ3v) is 4.04. The van der Waals surface area contributed by atoms with E-state index in [0.29, 0.717) is 16.6 Å². The van der Waals surface area contributed by atoms with Crippen LogP contribution in [0.1, 0.15) is 0 Å². The Labute approximate surface area is 143 Å². The molecule has 0 atom stereocenters. The van der Waals surface area contributed by atoms with Gasteiger partial charge in [0.1, 0.15) is 22.8 Å². The highest BCUT2D eigenvalue weighted by Gasteiger charge is 2.18. The van der Waals surface area contributed by atoms with E-state index in [1.165, 1.54) is 0 Å². The first-order valence-corrected chi connectivity index (χ1v) is 7.73. The maximum absolute atomic E-state index is 6.13. The average Bonchev–Trinajstić information content (AvgIpc) is 3.16. The van der Waals surface area contributed by atoms with Crippen LogP contribution in [0.4, 0.5) is 0 Å². The highest BCUT2D eigenvalue weighted by molar-refractivity contribution is 6.31. The molecule has 0 aliphatic heterocycles. The summed E-state index contributed by atoms with van der Waals surface area (Å²) in [6, 6.07) is 11.2. The smallest absolute Gasteiger partial charge is 0.177 e. The van der Waals surface area contributed by atoms with Crippen molar-refractivity contribution < 1.29 is 4.74 Å². The van der Waals surface area contributed by atoms with Gasteiger partial charge < -0.3 is 9.72 Å². The fourth-order valence-corrected chi connectivity index (χ4v) is 2.86. The molecule has 7 heteroatoms. The Morgan fingerprint density at radius 2 is 2.08 bits per heavy atom. The molecule has 120 valence electrons. The highest BCUT2D eigenvalue weighted by Crippen LogP contribution is 2.33. The van der Waals surface area contributed by atoms with Gasteiger partial charge in [-0.05, 0) is 30.3 Å². The quantitative estimate of drug-likeness (QED) is 0.618. The van der Waals surface area contributed by atoms with Gasteiger partial charge in [-0.1, -0.05) is 17.7 Å². The predicted octanol–water partition coefficient (Wildman–Crippen LogP) is 3.69. The zero-order valence-corrected chi connectivity index (χ0v) is 13.9. The van der Waals surface area contributed by atoms with Crippen molar-refractivity contribution in [1.29, 1.82) is 0 Å². The van der Waals surface area contributed by atoms with Crippen LogP contribution in [-0.4, -0.2) is 31.8 Å². The molecule has 1 N–H and O–H groups in total. The van der Waals surface area contributed by atoms with Gasteiger partial charge in [0.15, 0.2) is 5.65 Å². The molecule has 0 unspecified atom stereocenters. The molecule has 0 amide bonds. The summed E-state index contributed by atoms with van der Waals surface area (Å²) in [5.41, 5.74) is 3.92. The minimum absolute atomic E-state index is 0.620.